The highest BCUT2D eigenvalue weighted by atomic mass is 35.5. The number of benzene rings is 2. The molecule has 10 nitrogen and oxygen atoms in total. The number of carbonyl (C=O) groups is 1. The van der Waals surface area contributed by atoms with E-state index in [9.17, 15) is 13.2 Å². The van der Waals surface area contributed by atoms with Gasteiger partial charge in [-0.3, -0.25) is 10.1 Å². The number of nitrogens with zero attached hydrogens (tertiary/aromatic N) is 5. The lowest BCUT2D eigenvalue weighted by molar-refractivity contribution is 0.102. The van der Waals surface area contributed by atoms with Crippen molar-refractivity contribution in [2.24, 2.45) is 0 Å². The number of sulfonamides is 1. The third kappa shape index (κ3) is 5.20. The van der Waals surface area contributed by atoms with Gasteiger partial charge in [0.15, 0.2) is 0 Å². The maximum absolute atomic E-state index is 12.9. The average Bonchev–Trinajstić information content (AvgIpc) is 3.45. The molecular formula is C19H14Cl2N6O4S2. The van der Waals surface area contributed by atoms with Gasteiger partial charge in [0.2, 0.25) is 21.2 Å². The van der Waals surface area contributed by atoms with Gasteiger partial charge in [0.1, 0.15) is 0 Å². The average molecular weight is 525 g/mol. The Balaban J connectivity index is 1.45. The molecule has 0 aliphatic carbocycles. The minimum Gasteiger partial charge on any atom is -0.338 e. The standard InChI is InChI=1S/C19H14Cl2N6O4S2/c1-27(10-15-22-16(26-31-15)11-6-8-12(20)9-7-11)33(29,30)19-25-24-18(32-19)23-17(28)13-4-2-3-5-14(13)21/h2-9H,10H2,1H3,(H,23,24,28). The van der Waals surface area contributed by atoms with Crippen molar-refractivity contribution in [3.63, 3.8) is 0 Å². The minimum absolute atomic E-state index is 0.00899. The molecule has 0 atom stereocenters. The van der Waals surface area contributed by atoms with Crippen molar-refractivity contribution in [1.29, 1.82) is 0 Å². The maximum Gasteiger partial charge on any atom is 0.272 e. The van der Waals surface area contributed by atoms with Crippen LogP contribution in [0.2, 0.25) is 10.0 Å². The second-order valence-electron chi connectivity index (χ2n) is 6.59. The SMILES string of the molecule is CN(Cc1nc(-c2ccc(Cl)cc2)no1)S(=O)(=O)c1nnc(NC(=O)c2ccccc2Cl)s1. The molecule has 0 unspecified atom stereocenters. The Kier molecular flexibility index (Phi) is 6.72. The molecule has 2 aromatic carbocycles. The summed E-state index contributed by atoms with van der Waals surface area (Å²) in [5, 5.41) is 14.6. The molecule has 170 valence electrons. The fourth-order valence-corrected chi connectivity index (χ4v) is 5.17. The summed E-state index contributed by atoms with van der Waals surface area (Å²) in [7, 11) is -2.69. The molecule has 0 saturated heterocycles. The summed E-state index contributed by atoms with van der Waals surface area (Å²) < 4.78 is 31.6. The number of rotatable bonds is 7. The highest BCUT2D eigenvalue weighted by molar-refractivity contribution is 7.91. The van der Waals surface area contributed by atoms with E-state index in [1.165, 1.54) is 13.1 Å². The molecule has 0 bridgehead atoms. The molecule has 0 fully saturated rings. The molecule has 0 aliphatic heterocycles. The smallest absolute Gasteiger partial charge is 0.272 e. The van der Waals surface area contributed by atoms with Crippen LogP contribution in [0.1, 0.15) is 16.2 Å². The molecule has 1 amide bonds. The zero-order valence-electron chi connectivity index (χ0n) is 16.8. The van der Waals surface area contributed by atoms with Crippen LogP contribution in [-0.2, 0) is 16.6 Å². The number of nitrogens with one attached hydrogen (secondary N) is 1. The number of amides is 1. The first-order chi connectivity index (χ1) is 15.7. The van der Waals surface area contributed by atoms with Crippen LogP contribution >= 0.6 is 34.5 Å². The highest BCUT2D eigenvalue weighted by Crippen LogP contribution is 2.25. The topological polar surface area (TPSA) is 131 Å². The van der Waals surface area contributed by atoms with E-state index >= 15 is 0 Å². The first kappa shape index (κ1) is 23.3. The van der Waals surface area contributed by atoms with Crippen LogP contribution in [0.15, 0.2) is 57.4 Å². The van der Waals surface area contributed by atoms with Crippen LogP contribution in [0.5, 0.6) is 0 Å². The Hall–Kier alpha value is -2.90. The summed E-state index contributed by atoms with van der Waals surface area (Å²) in [4.78, 5) is 16.6. The summed E-state index contributed by atoms with van der Waals surface area (Å²) in [5.41, 5.74) is 0.895. The fourth-order valence-electron chi connectivity index (χ4n) is 2.62. The van der Waals surface area contributed by atoms with Crippen LogP contribution in [0.3, 0.4) is 0 Å². The van der Waals surface area contributed by atoms with E-state index in [1.54, 1.807) is 42.5 Å². The zero-order chi connectivity index (χ0) is 23.6. The second-order valence-corrected chi connectivity index (χ2v) is 10.6. The molecule has 2 aromatic heterocycles. The van der Waals surface area contributed by atoms with Gasteiger partial charge in [-0.2, -0.15) is 9.29 Å². The maximum atomic E-state index is 12.9. The Morgan fingerprint density at radius 1 is 1.12 bits per heavy atom. The Morgan fingerprint density at radius 3 is 2.58 bits per heavy atom. The van der Waals surface area contributed by atoms with Gasteiger partial charge in [-0.1, -0.05) is 51.8 Å². The van der Waals surface area contributed by atoms with Crippen LogP contribution in [0.25, 0.3) is 11.4 Å². The lowest BCUT2D eigenvalue weighted by Crippen LogP contribution is -2.26. The Labute approximate surface area is 202 Å². The van der Waals surface area contributed by atoms with E-state index in [1.807, 2.05) is 0 Å². The lowest BCUT2D eigenvalue weighted by Gasteiger charge is -2.11. The van der Waals surface area contributed by atoms with Crippen LogP contribution in [-0.4, -0.2) is 46.0 Å². The van der Waals surface area contributed by atoms with E-state index in [0.717, 1.165) is 4.31 Å². The summed E-state index contributed by atoms with van der Waals surface area (Å²) in [5.74, 6) is -0.148. The molecule has 0 aliphatic rings. The van der Waals surface area contributed by atoms with Gasteiger partial charge in [-0.15, -0.1) is 10.2 Å². The number of halogens is 2. The third-order valence-electron chi connectivity index (χ3n) is 4.30. The van der Waals surface area contributed by atoms with Crippen molar-refractivity contribution in [1.82, 2.24) is 24.6 Å². The number of carbonyl (C=O) groups excluding carboxylic acids is 1. The molecule has 1 N–H and O–H groups in total. The van der Waals surface area contributed by atoms with Gasteiger partial charge in [0, 0.05) is 17.6 Å². The molecule has 0 radical (unpaired) electrons. The molecule has 4 aromatic rings. The largest absolute Gasteiger partial charge is 0.338 e. The van der Waals surface area contributed by atoms with E-state index in [-0.39, 0.29) is 32.5 Å². The van der Waals surface area contributed by atoms with E-state index in [2.05, 4.69) is 25.7 Å². The summed E-state index contributed by atoms with van der Waals surface area (Å²) in [6.45, 7) is -0.191. The minimum atomic E-state index is -4.03. The van der Waals surface area contributed by atoms with Crippen molar-refractivity contribution in [2.45, 2.75) is 10.9 Å². The predicted octanol–water partition coefficient (Wildman–Crippen LogP) is 3.97. The molecule has 2 heterocycles. The first-order valence-corrected chi connectivity index (χ1v) is 12.2. The van der Waals surface area contributed by atoms with Crippen molar-refractivity contribution in [2.75, 3.05) is 12.4 Å². The normalized spacial score (nSPS) is 11.6. The van der Waals surface area contributed by atoms with E-state index in [0.29, 0.717) is 27.7 Å². The number of anilines is 1. The Bertz CT molecular complexity index is 1410. The van der Waals surface area contributed by atoms with Crippen molar-refractivity contribution < 1.29 is 17.7 Å². The molecule has 33 heavy (non-hydrogen) atoms. The molecule has 0 saturated carbocycles. The van der Waals surface area contributed by atoms with Crippen molar-refractivity contribution in [3.05, 3.63) is 70.0 Å². The Morgan fingerprint density at radius 2 is 1.85 bits per heavy atom. The quantitative estimate of drug-likeness (QED) is 0.359. The number of hydrogen-bond donors (Lipinski definition) is 1. The zero-order valence-corrected chi connectivity index (χ0v) is 19.9. The van der Waals surface area contributed by atoms with Gasteiger partial charge in [0.05, 0.1) is 17.1 Å². The van der Waals surface area contributed by atoms with Gasteiger partial charge in [-0.25, -0.2) is 8.42 Å². The van der Waals surface area contributed by atoms with Crippen molar-refractivity contribution >= 4 is 55.6 Å². The molecule has 4 rings (SSSR count). The number of aromatic nitrogens is 4. The third-order valence-corrected chi connectivity index (χ3v) is 7.87. The van der Waals surface area contributed by atoms with Gasteiger partial charge >= 0.3 is 0 Å². The summed E-state index contributed by atoms with van der Waals surface area (Å²) in [6.07, 6.45) is 0. The van der Waals surface area contributed by atoms with Gasteiger partial charge < -0.3 is 4.52 Å². The fraction of sp³-hybridized carbons (Fsp3) is 0.105. The lowest BCUT2D eigenvalue weighted by atomic mass is 10.2. The van der Waals surface area contributed by atoms with E-state index < -0.39 is 15.9 Å². The highest BCUT2D eigenvalue weighted by Gasteiger charge is 2.28. The summed E-state index contributed by atoms with van der Waals surface area (Å²) in [6, 6.07) is 13.2. The predicted molar refractivity (Wildman–Crippen MR) is 123 cm³/mol. The van der Waals surface area contributed by atoms with E-state index in [4.69, 9.17) is 27.7 Å². The second kappa shape index (κ2) is 9.53. The van der Waals surface area contributed by atoms with Crippen molar-refractivity contribution in [3.8, 4) is 11.4 Å². The van der Waals surface area contributed by atoms with Gasteiger partial charge in [0.25, 0.3) is 15.9 Å². The summed E-state index contributed by atoms with van der Waals surface area (Å²) >= 11 is 12.6. The number of hydrogen-bond acceptors (Lipinski definition) is 9. The molecular weight excluding hydrogens is 511 g/mol. The van der Waals surface area contributed by atoms with Crippen LogP contribution in [0, 0.1) is 0 Å². The van der Waals surface area contributed by atoms with Crippen LogP contribution in [0.4, 0.5) is 5.13 Å². The molecule has 14 heteroatoms. The first-order valence-electron chi connectivity index (χ1n) is 9.18. The monoisotopic (exact) mass is 524 g/mol. The molecule has 0 spiro atoms. The van der Waals surface area contributed by atoms with Gasteiger partial charge in [-0.05, 0) is 36.4 Å². The van der Waals surface area contributed by atoms with Crippen LogP contribution < -0.4 is 5.32 Å².